The molecule has 2 aromatic rings. The minimum Gasteiger partial charge on any atom is -0.236 e. The number of allylic oxidation sites excluding steroid dienone is 2. The second-order valence-corrected chi connectivity index (χ2v) is 5.91. The number of nitrogens with zero attached hydrogens (tertiary/aromatic N) is 1. The second kappa shape index (κ2) is 3.17. The van der Waals surface area contributed by atoms with Crippen molar-refractivity contribution in [3.05, 3.63) is 35.3 Å². The molecule has 0 saturated heterocycles. The van der Waals surface area contributed by atoms with Gasteiger partial charge in [-0.2, -0.15) is 0 Å². The molecule has 2 aliphatic carbocycles. The van der Waals surface area contributed by atoms with E-state index < -0.39 is 0 Å². The quantitative estimate of drug-likeness (QED) is 0.714. The van der Waals surface area contributed by atoms with Crippen LogP contribution >= 0.6 is 11.3 Å². The third-order valence-electron chi connectivity index (χ3n) is 3.87. The van der Waals surface area contributed by atoms with Crippen LogP contribution in [0.2, 0.25) is 0 Å². The summed E-state index contributed by atoms with van der Waals surface area (Å²) in [5.74, 6) is 1.66. The number of rotatable bonds is 1. The van der Waals surface area contributed by atoms with Crippen LogP contribution in [0.15, 0.2) is 30.3 Å². The smallest absolute Gasteiger partial charge is 0.120 e. The first-order chi connectivity index (χ1) is 7.90. The van der Waals surface area contributed by atoms with E-state index in [1.165, 1.54) is 34.5 Å². The molecule has 4 rings (SSSR count). The summed E-state index contributed by atoms with van der Waals surface area (Å²) in [6.07, 6.45) is 6.64. The summed E-state index contributed by atoms with van der Waals surface area (Å²) in [5.41, 5.74) is 2.70. The average Bonchev–Trinajstić information content (AvgIpc) is 3.02. The fourth-order valence-corrected chi connectivity index (χ4v) is 4.15. The van der Waals surface area contributed by atoms with Crippen molar-refractivity contribution in [1.82, 2.24) is 4.98 Å². The maximum atomic E-state index is 4.76. The number of thiazole rings is 1. The Morgan fingerprint density at radius 1 is 1.19 bits per heavy atom. The normalized spacial score (nSPS) is 27.6. The van der Waals surface area contributed by atoms with E-state index in [1.807, 2.05) is 11.3 Å². The van der Waals surface area contributed by atoms with Crippen molar-refractivity contribution in [3.8, 4) is 0 Å². The molecule has 1 heterocycles. The predicted octanol–water partition coefficient (Wildman–Crippen LogP) is 4.11. The Kier molecular flexibility index (Phi) is 1.77. The molecule has 2 unspecified atom stereocenters. The fourth-order valence-electron chi connectivity index (χ4n) is 3.08. The highest BCUT2D eigenvalue weighted by Gasteiger charge is 2.34. The Bertz CT molecular complexity index is 548. The maximum Gasteiger partial charge on any atom is 0.120 e. The number of benzene rings is 1. The van der Waals surface area contributed by atoms with Gasteiger partial charge < -0.3 is 0 Å². The number of aromatic nitrogens is 1. The van der Waals surface area contributed by atoms with Gasteiger partial charge in [0.1, 0.15) is 5.01 Å². The number of hydrogen-bond acceptors (Lipinski definition) is 2. The fraction of sp³-hybridized carbons (Fsp3) is 0.357. The van der Waals surface area contributed by atoms with Gasteiger partial charge in [0, 0.05) is 0 Å². The van der Waals surface area contributed by atoms with E-state index in [0.717, 1.165) is 17.4 Å². The lowest BCUT2D eigenvalue weighted by atomic mass is 9.99. The molecule has 0 N–H and O–H groups in total. The predicted molar refractivity (Wildman–Crippen MR) is 68.4 cm³/mol. The molecule has 2 heteroatoms. The van der Waals surface area contributed by atoms with E-state index >= 15 is 0 Å². The van der Waals surface area contributed by atoms with Gasteiger partial charge in [0.25, 0.3) is 0 Å². The van der Waals surface area contributed by atoms with Crippen LogP contribution in [0.4, 0.5) is 0 Å². The van der Waals surface area contributed by atoms with E-state index in [-0.39, 0.29) is 0 Å². The summed E-state index contributed by atoms with van der Waals surface area (Å²) in [5, 5.41) is 1.27. The van der Waals surface area contributed by atoms with E-state index in [0.29, 0.717) is 0 Å². The third kappa shape index (κ3) is 1.20. The van der Waals surface area contributed by atoms with Crippen LogP contribution in [0.25, 0.3) is 15.8 Å². The summed E-state index contributed by atoms with van der Waals surface area (Å²) in [4.78, 5) is 4.76. The molecule has 1 saturated carbocycles. The van der Waals surface area contributed by atoms with E-state index in [1.54, 1.807) is 0 Å². The van der Waals surface area contributed by atoms with Crippen molar-refractivity contribution in [2.24, 2.45) is 11.8 Å². The standard InChI is InChI=1S/C14H13NS/c1-2-4-13-12(3-1)15-14(16-13)11-8-9-5-6-10(11)7-9/h1-4,8-10H,5-7H2. The van der Waals surface area contributed by atoms with E-state index in [9.17, 15) is 0 Å². The topological polar surface area (TPSA) is 12.9 Å². The number of fused-ring (bicyclic) bond motifs is 3. The first-order valence-electron chi connectivity index (χ1n) is 5.98. The van der Waals surface area contributed by atoms with Gasteiger partial charge >= 0.3 is 0 Å². The molecule has 0 spiro atoms. The van der Waals surface area contributed by atoms with Gasteiger partial charge in [0.15, 0.2) is 0 Å². The van der Waals surface area contributed by atoms with Crippen LogP contribution < -0.4 is 0 Å². The minimum absolute atomic E-state index is 0.811. The van der Waals surface area contributed by atoms with Crippen molar-refractivity contribution in [3.63, 3.8) is 0 Å². The maximum absolute atomic E-state index is 4.76. The Hall–Kier alpha value is -1.15. The van der Waals surface area contributed by atoms with Crippen molar-refractivity contribution < 1.29 is 0 Å². The molecule has 1 fully saturated rings. The molecule has 80 valence electrons. The lowest BCUT2D eigenvalue weighted by Crippen LogP contribution is -1.95. The molecule has 1 aromatic heterocycles. The lowest BCUT2D eigenvalue weighted by molar-refractivity contribution is 0.695. The van der Waals surface area contributed by atoms with Crippen molar-refractivity contribution in [2.45, 2.75) is 19.3 Å². The average molecular weight is 227 g/mol. The summed E-state index contributed by atoms with van der Waals surface area (Å²) in [7, 11) is 0. The molecule has 1 aromatic carbocycles. The molecular weight excluding hydrogens is 214 g/mol. The molecule has 2 atom stereocenters. The molecule has 2 bridgehead atoms. The number of para-hydroxylation sites is 1. The van der Waals surface area contributed by atoms with Gasteiger partial charge in [0.05, 0.1) is 10.2 Å². The van der Waals surface area contributed by atoms with E-state index in [4.69, 9.17) is 4.98 Å². The summed E-state index contributed by atoms with van der Waals surface area (Å²) < 4.78 is 1.32. The van der Waals surface area contributed by atoms with Crippen LogP contribution in [0, 0.1) is 11.8 Å². The van der Waals surface area contributed by atoms with Crippen LogP contribution in [0.5, 0.6) is 0 Å². The summed E-state index contributed by atoms with van der Waals surface area (Å²) in [6, 6.07) is 8.45. The lowest BCUT2D eigenvalue weighted by Gasteiger charge is -2.09. The van der Waals surface area contributed by atoms with Gasteiger partial charge in [-0.3, -0.25) is 0 Å². The first kappa shape index (κ1) is 8.94. The van der Waals surface area contributed by atoms with Crippen LogP contribution in [-0.4, -0.2) is 4.98 Å². The molecule has 0 radical (unpaired) electrons. The monoisotopic (exact) mass is 227 g/mol. The van der Waals surface area contributed by atoms with Crippen molar-refractivity contribution in [1.29, 1.82) is 0 Å². The molecule has 0 amide bonds. The SMILES string of the molecule is C1=C(c2nc3ccccc3s2)C2CCC1C2. The zero-order valence-electron chi connectivity index (χ0n) is 9.02. The highest BCUT2D eigenvalue weighted by molar-refractivity contribution is 7.19. The third-order valence-corrected chi connectivity index (χ3v) is 4.95. The Balaban J connectivity index is 1.85. The van der Waals surface area contributed by atoms with Crippen LogP contribution in [-0.2, 0) is 0 Å². The molecule has 0 aliphatic heterocycles. The molecule has 16 heavy (non-hydrogen) atoms. The molecule has 1 nitrogen and oxygen atoms in total. The molecular formula is C14H13NS. The van der Waals surface area contributed by atoms with Crippen molar-refractivity contribution >= 4 is 27.1 Å². The molecule has 2 aliphatic rings. The van der Waals surface area contributed by atoms with Gasteiger partial charge in [-0.15, -0.1) is 11.3 Å². The first-order valence-corrected chi connectivity index (χ1v) is 6.79. The van der Waals surface area contributed by atoms with E-state index in [2.05, 4.69) is 30.3 Å². The van der Waals surface area contributed by atoms with Crippen LogP contribution in [0.1, 0.15) is 24.3 Å². The highest BCUT2D eigenvalue weighted by atomic mass is 32.1. The van der Waals surface area contributed by atoms with Gasteiger partial charge in [-0.1, -0.05) is 18.2 Å². The van der Waals surface area contributed by atoms with Gasteiger partial charge in [-0.05, 0) is 48.8 Å². The number of hydrogen-bond donors (Lipinski definition) is 0. The zero-order valence-corrected chi connectivity index (χ0v) is 9.83. The zero-order chi connectivity index (χ0) is 10.5. The van der Waals surface area contributed by atoms with Gasteiger partial charge in [0.2, 0.25) is 0 Å². The minimum atomic E-state index is 0.811. The Morgan fingerprint density at radius 2 is 2.12 bits per heavy atom. The summed E-state index contributed by atoms with van der Waals surface area (Å²) in [6.45, 7) is 0. The van der Waals surface area contributed by atoms with Crippen LogP contribution in [0.3, 0.4) is 0 Å². The largest absolute Gasteiger partial charge is 0.236 e. The highest BCUT2D eigenvalue weighted by Crippen LogP contribution is 2.48. The van der Waals surface area contributed by atoms with Gasteiger partial charge in [-0.25, -0.2) is 4.98 Å². The van der Waals surface area contributed by atoms with Crippen molar-refractivity contribution in [2.75, 3.05) is 0 Å². The Labute approximate surface area is 98.8 Å². The second-order valence-electron chi connectivity index (χ2n) is 4.88. The summed E-state index contributed by atoms with van der Waals surface area (Å²) >= 11 is 1.85. The Morgan fingerprint density at radius 3 is 2.88 bits per heavy atom.